The second-order valence-corrected chi connectivity index (χ2v) is 4.07. The van der Waals surface area contributed by atoms with Crippen molar-refractivity contribution in [1.29, 1.82) is 0 Å². The molecule has 0 saturated carbocycles. The smallest absolute Gasteiger partial charge is 0.0659 e. The van der Waals surface area contributed by atoms with Crippen LogP contribution < -0.4 is 0 Å². The van der Waals surface area contributed by atoms with E-state index in [1.165, 1.54) is 0 Å². The molecule has 1 fully saturated rings. The zero-order valence-corrected chi connectivity index (χ0v) is 7.64. The Hall–Kier alpha value is -0.0400. The maximum absolute atomic E-state index is 5.77. The van der Waals surface area contributed by atoms with E-state index in [9.17, 15) is 0 Å². The normalized spacial score (nSPS) is 45.9. The molecule has 1 heteroatoms. The van der Waals surface area contributed by atoms with Crippen molar-refractivity contribution >= 4 is 0 Å². The highest BCUT2D eigenvalue weighted by Crippen LogP contribution is 2.39. The highest BCUT2D eigenvalue weighted by atomic mass is 16.5. The van der Waals surface area contributed by atoms with E-state index < -0.39 is 0 Å². The lowest BCUT2D eigenvalue weighted by Gasteiger charge is -2.23. The largest absolute Gasteiger partial charge is 0.372 e. The van der Waals surface area contributed by atoms with Crippen LogP contribution in [0, 0.1) is 11.8 Å². The Morgan fingerprint density at radius 1 is 1.10 bits per heavy atom. The van der Waals surface area contributed by atoms with Gasteiger partial charge in [0, 0.05) is 0 Å². The lowest BCUT2D eigenvalue weighted by molar-refractivity contribution is -0.0231. The van der Waals surface area contributed by atoms with Gasteiger partial charge in [-0.1, -0.05) is 13.8 Å². The van der Waals surface area contributed by atoms with E-state index in [2.05, 4.69) is 34.6 Å². The van der Waals surface area contributed by atoms with Gasteiger partial charge in [-0.3, -0.25) is 0 Å². The molecule has 1 unspecified atom stereocenters. The highest BCUT2D eigenvalue weighted by Gasteiger charge is 2.41. The van der Waals surface area contributed by atoms with Crippen LogP contribution in [0.5, 0.6) is 0 Å². The molecule has 0 N–H and O–H groups in total. The molecule has 3 atom stereocenters. The third-order valence-electron chi connectivity index (χ3n) is 3.12. The zero-order valence-electron chi connectivity index (χ0n) is 7.64. The molecule has 0 amide bonds. The van der Waals surface area contributed by atoms with Gasteiger partial charge in [0.1, 0.15) is 0 Å². The summed E-state index contributed by atoms with van der Waals surface area (Å²) in [6.45, 7) is 11.1. The SMILES string of the molecule is CC1[C@@H](C)C(C)(C)O[C@@H]1C. The van der Waals surface area contributed by atoms with Crippen LogP contribution in [-0.4, -0.2) is 11.7 Å². The van der Waals surface area contributed by atoms with Crippen LogP contribution in [0.2, 0.25) is 0 Å². The van der Waals surface area contributed by atoms with Gasteiger partial charge < -0.3 is 4.74 Å². The summed E-state index contributed by atoms with van der Waals surface area (Å²) < 4.78 is 5.77. The van der Waals surface area contributed by atoms with Gasteiger partial charge in [0.2, 0.25) is 0 Å². The quantitative estimate of drug-likeness (QED) is 0.505. The van der Waals surface area contributed by atoms with Crippen LogP contribution in [0.25, 0.3) is 0 Å². The van der Waals surface area contributed by atoms with Crippen molar-refractivity contribution in [2.75, 3.05) is 0 Å². The Bertz CT molecular complexity index is 129. The van der Waals surface area contributed by atoms with Gasteiger partial charge in [-0.2, -0.15) is 0 Å². The van der Waals surface area contributed by atoms with E-state index in [-0.39, 0.29) is 5.60 Å². The number of hydrogen-bond acceptors (Lipinski definition) is 1. The molecule has 0 radical (unpaired) electrons. The van der Waals surface area contributed by atoms with E-state index in [0.717, 1.165) is 0 Å². The van der Waals surface area contributed by atoms with Crippen LogP contribution >= 0.6 is 0 Å². The first kappa shape index (κ1) is 8.06. The second-order valence-electron chi connectivity index (χ2n) is 4.07. The minimum atomic E-state index is 0.0961. The third-order valence-corrected chi connectivity index (χ3v) is 3.12. The molecule has 1 rings (SSSR count). The zero-order chi connectivity index (χ0) is 7.94. The average molecular weight is 142 g/mol. The van der Waals surface area contributed by atoms with Crippen LogP contribution in [0.3, 0.4) is 0 Å². The van der Waals surface area contributed by atoms with Gasteiger partial charge in [-0.15, -0.1) is 0 Å². The highest BCUT2D eigenvalue weighted by molar-refractivity contribution is 4.89. The maximum Gasteiger partial charge on any atom is 0.0659 e. The predicted octanol–water partition coefficient (Wildman–Crippen LogP) is 2.46. The summed E-state index contributed by atoms with van der Waals surface area (Å²) in [6, 6.07) is 0. The van der Waals surface area contributed by atoms with Crippen LogP contribution in [-0.2, 0) is 4.74 Å². The van der Waals surface area contributed by atoms with Gasteiger partial charge >= 0.3 is 0 Å². The molecular weight excluding hydrogens is 124 g/mol. The predicted molar refractivity (Wildman–Crippen MR) is 43.0 cm³/mol. The maximum atomic E-state index is 5.77. The molecule has 0 aliphatic carbocycles. The molecule has 0 bridgehead atoms. The molecule has 60 valence electrons. The fraction of sp³-hybridized carbons (Fsp3) is 1.00. The van der Waals surface area contributed by atoms with Gasteiger partial charge in [-0.25, -0.2) is 0 Å². The van der Waals surface area contributed by atoms with Crippen molar-refractivity contribution in [2.24, 2.45) is 11.8 Å². The summed E-state index contributed by atoms with van der Waals surface area (Å²) >= 11 is 0. The fourth-order valence-electron chi connectivity index (χ4n) is 1.73. The molecule has 1 nitrogen and oxygen atoms in total. The minimum absolute atomic E-state index is 0.0961. The van der Waals surface area contributed by atoms with Gasteiger partial charge in [0.05, 0.1) is 11.7 Å². The molecule has 0 aromatic heterocycles. The van der Waals surface area contributed by atoms with Crippen molar-refractivity contribution in [3.8, 4) is 0 Å². The topological polar surface area (TPSA) is 9.23 Å². The Morgan fingerprint density at radius 2 is 1.60 bits per heavy atom. The van der Waals surface area contributed by atoms with E-state index in [4.69, 9.17) is 4.74 Å². The summed E-state index contributed by atoms with van der Waals surface area (Å²) in [7, 11) is 0. The van der Waals surface area contributed by atoms with Crippen molar-refractivity contribution < 1.29 is 4.74 Å². The lowest BCUT2D eigenvalue weighted by atomic mass is 9.84. The molecule has 1 aliphatic heterocycles. The Kier molecular flexibility index (Phi) is 1.80. The van der Waals surface area contributed by atoms with Crippen molar-refractivity contribution in [3.63, 3.8) is 0 Å². The molecule has 0 aromatic rings. The van der Waals surface area contributed by atoms with Gasteiger partial charge in [0.15, 0.2) is 0 Å². The first-order valence-corrected chi connectivity index (χ1v) is 4.13. The van der Waals surface area contributed by atoms with E-state index in [1.54, 1.807) is 0 Å². The first-order valence-electron chi connectivity index (χ1n) is 4.13. The summed E-state index contributed by atoms with van der Waals surface area (Å²) in [5, 5.41) is 0. The number of ether oxygens (including phenoxy) is 1. The van der Waals surface area contributed by atoms with E-state index in [0.29, 0.717) is 17.9 Å². The van der Waals surface area contributed by atoms with Crippen LogP contribution in [0.1, 0.15) is 34.6 Å². The van der Waals surface area contributed by atoms with E-state index >= 15 is 0 Å². The third kappa shape index (κ3) is 1.07. The summed E-state index contributed by atoms with van der Waals surface area (Å²) in [5.74, 6) is 1.39. The Balaban J connectivity index is 2.71. The molecule has 0 aromatic carbocycles. The van der Waals surface area contributed by atoms with Crippen molar-refractivity contribution in [1.82, 2.24) is 0 Å². The molecule has 1 aliphatic rings. The monoisotopic (exact) mass is 142 g/mol. The fourth-order valence-corrected chi connectivity index (χ4v) is 1.73. The Morgan fingerprint density at radius 3 is 1.70 bits per heavy atom. The number of rotatable bonds is 0. The van der Waals surface area contributed by atoms with Crippen molar-refractivity contribution in [2.45, 2.75) is 46.3 Å². The molecule has 1 heterocycles. The standard InChI is InChI=1S/C9H18O/c1-6-7(2)9(4,5)10-8(6)3/h6-8H,1-5H3/t6?,7-,8-/m1/s1. The van der Waals surface area contributed by atoms with Gasteiger partial charge in [0.25, 0.3) is 0 Å². The van der Waals surface area contributed by atoms with Crippen molar-refractivity contribution in [3.05, 3.63) is 0 Å². The van der Waals surface area contributed by atoms with Crippen LogP contribution in [0.4, 0.5) is 0 Å². The number of hydrogen-bond donors (Lipinski definition) is 0. The molecule has 10 heavy (non-hydrogen) atoms. The molecule has 1 saturated heterocycles. The molecular formula is C9H18O. The summed E-state index contributed by atoms with van der Waals surface area (Å²) in [5.41, 5.74) is 0.0961. The minimum Gasteiger partial charge on any atom is -0.372 e. The first-order chi connectivity index (χ1) is 4.45. The van der Waals surface area contributed by atoms with E-state index in [1.807, 2.05) is 0 Å². The van der Waals surface area contributed by atoms with Gasteiger partial charge in [-0.05, 0) is 32.6 Å². The Labute approximate surface area is 63.8 Å². The molecule has 0 spiro atoms. The lowest BCUT2D eigenvalue weighted by Crippen LogP contribution is -2.26. The second kappa shape index (κ2) is 2.23. The summed E-state index contributed by atoms with van der Waals surface area (Å²) in [4.78, 5) is 0. The summed E-state index contributed by atoms with van der Waals surface area (Å²) in [6.07, 6.45) is 0.435. The average Bonchev–Trinajstić information content (AvgIpc) is 1.95. The van der Waals surface area contributed by atoms with Crippen LogP contribution in [0.15, 0.2) is 0 Å².